The molecule has 20 heavy (non-hydrogen) atoms. The summed E-state index contributed by atoms with van der Waals surface area (Å²) in [5, 5.41) is 4.07. The molecule has 1 saturated heterocycles. The maximum absolute atomic E-state index is 6.45. The topological polar surface area (TPSA) is 24.5 Å². The van der Waals surface area contributed by atoms with Crippen LogP contribution in [-0.4, -0.2) is 33.9 Å². The van der Waals surface area contributed by atoms with Crippen molar-refractivity contribution in [2.75, 3.05) is 38.8 Å². The minimum atomic E-state index is 0.322. The third-order valence-electron chi connectivity index (χ3n) is 4.19. The van der Waals surface area contributed by atoms with E-state index in [0.717, 1.165) is 43.3 Å². The van der Waals surface area contributed by atoms with E-state index in [1.807, 2.05) is 7.05 Å². The summed E-state index contributed by atoms with van der Waals surface area (Å²) in [6.45, 7) is 4.97. The van der Waals surface area contributed by atoms with Crippen molar-refractivity contribution in [3.8, 4) is 0 Å². The minimum absolute atomic E-state index is 0.322. The Labute approximate surface area is 127 Å². The lowest BCUT2D eigenvalue weighted by Gasteiger charge is -2.29. The predicted molar refractivity (Wildman–Crippen MR) is 85.7 cm³/mol. The summed E-state index contributed by atoms with van der Waals surface area (Å²) in [6, 6.07) is 6.68. The molecule has 0 saturated carbocycles. The molecule has 1 N–H and O–H groups in total. The minimum Gasteiger partial charge on any atom is -0.381 e. The van der Waals surface area contributed by atoms with E-state index in [-0.39, 0.29) is 0 Å². The average Bonchev–Trinajstić information content (AvgIpc) is 2.47. The molecule has 0 radical (unpaired) electrons. The molecule has 1 aromatic rings. The highest BCUT2D eigenvalue weighted by molar-refractivity contribution is 6.33. The van der Waals surface area contributed by atoms with Crippen LogP contribution < -0.4 is 10.2 Å². The zero-order chi connectivity index (χ0) is 14.5. The van der Waals surface area contributed by atoms with Crippen LogP contribution in [0.1, 0.15) is 31.4 Å². The number of benzene rings is 1. The van der Waals surface area contributed by atoms with Crippen molar-refractivity contribution in [1.29, 1.82) is 0 Å². The maximum atomic E-state index is 6.45. The number of nitrogens with zero attached hydrogens (tertiary/aromatic N) is 1. The summed E-state index contributed by atoms with van der Waals surface area (Å²) in [5.41, 5.74) is 2.34. The first-order valence-corrected chi connectivity index (χ1v) is 7.75. The number of halogens is 1. The van der Waals surface area contributed by atoms with Crippen LogP contribution in [0.3, 0.4) is 0 Å². The van der Waals surface area contributed by atoms with Gasteiger partial charge in [-0.3, -0.25) is 0 Å². The predicted octanol–water partition coefficient (Wildman–Crippen LogP) is 3.48. The van der Waals surface area contributed by atoms with Crippen LogP contribution in [0.4, 0.5) is 5.69 Å². The lowest BCUT2D eigenvalue weighted by atomic mass is 9.99. The Morgan fingerprint density at radius 1 is 1.40 bits per heavy atom. The van der Waals surface area contributed by atoms with Crippen LogP contribution in [0.2, 0.25) is 5.02 Å². The summed E-state index contributed by atoms with van der Waals surface area (Å²) in [6.07, 6.45) is 2.30. The van der Waals surface area contributed by atoms with Gasteiger partial charge in [0.05, 0.1) is 10.7 Å². The monoisotopic (exact) mass is 296 g/mol. The largest absolute Gasteiger partial charge is 0.381 e. The zero-order valence-corrected chi connectivity index (χ0v) is 13.4. The molecule has 0 aliphatic carbocycles. The van der Waals surface area contributed by atoms with Gasteiger partial charge in [0.25, 0.3) is 0 Å². The second-order valence-corrected chi connectivity index (χ2v) is 6.06. The molecule has 3 nitrogen and oxygen atoms in total. The van der Waals surface area contributed by atoms with E-state index in [1.54, 1.807) is 0 Å². The van der Waals surface area contributed by atoms with Crippen molar-refractivity contribution in [3.63, 3.8) is 0 Å². The fraction of sp³-hybridized carbons (Fsp3) is 0.625. The highest BCUT2D eigenvalue weighted by Gasteiger charge is 2.17. The Balaban J connectivity index is 2.03. The SMILES string of the molecule is CNC(C)c1ccc(N(C)CC2CCOCC2)c(Cl)c1. The molecule has 1 heterocycles. The molecule has 1 fully saturated rings. The summed E-state index contributed by atoms with van der Waals surface area (Å²) in [4.78, 5) is 2.27. The lowest BCUT2D eigenvalue weighted by molar-refractivity contribution is 0.0685. The van der Waals surface area contributed by atoms with Crippen molar-refractivity contribution >= 4 is 17.3 Å². The molecule has 1 aromatic carbocycles. The summed E-state index contributed by atoms with van der Waals surface area (Å²) in [7, 11) is 4.08. The van der Waals surface area contributed by atoms with E-state index in [0.29, 0.717) is 12.0 Å². The quantitative estimate of drug-likeness (QED) is 0.900. The van der Waals surface area contributed by atoms with Gasteiger partial charge in [0.1, 0.15) is 0 Å². The van der Waals surface area contributed by atoms with E-state index in [2.05, 4.69) is 42.4 Å². The standard InChI is InChI=1S/C16H25ClN2O/c1-12(18-2)14-4-5-16(15(17)10-14)19(3)11-13-6-8-20-9-7-13/h4-5,10,12-13,18H,6-9,11H2,1-3H3. The van der Waals surface area contributed by atoms with Crippen molar-refractivity contribution in [2.45, 2.75) is 25.8 Å². The molecule has 1 unspecified atom stereocenters. The Kier molecular flexibility index (Phi) is 5.70. The van der Waals surface area contributed by atoms with E-state index in [4.69, 9.17) is 16.3 Å². The van der Waals surface area contributed by atoms with Crippen LogP contribution in [0.15, 0.2) is 18.2 Å². The summed E-state index contributed by atoms with van der Waals surface area (Å²) >= 11 is 6.45. The van der Waals surface area contributed by atoms with Crippen molar-refractivity contribution < 1.29 is 4.74 Å². The van der Waals surface area contributed by atoms with Gasteiger partial charge in [-0.05, 0) is 50.4 Å². The van der Waals surface area contributed by atoms with Gasteiger partial charge in [-0.2, -0.15) is 0 Å². The van der Waals surface area contributed by atoms with Gasteiger partial charge in [0, 0.05) is 32.8 Å². The normalized spacial score (nSPS) is 18.0. The van der Waals surface area contributed by atoms with Gasteiger partial charge < -0.3 is 15.0 Å². The first-order valence-electron chi connectivity index (χ1n) is 7.37. The van der Waals surface area contributed by atoms with E-state index < -0.39 is 0 Å². The molecule has 112 valence electrons. The highest BCUT2D eigenvalue weighted by Crippen LogP contribution is 2.29. The number of rotatable bonds is 5. The third kappa shape index (κ3) is 3.87. The van der Waals surface area contributed by atoms with Crippen LogP contribution in [0.25, 0.3) is 0 Å². The molecular formula is C16H25ClN2O. The van der Waals surface area contributed by atoms with Crippen molar-refractivity contribution in [3.05, 3.63) is 28.8 Å². The van der Waals surface area contributed by atoms with Gasteiger partial charge >= 0.3 is 0 Å². The number of hydrogen-bond donors (Lipinski definition) is 1. The summed E-state index contributed by atoms with van der Waals surface area (Å²) in [5.74, 6) is 0.709. The first kappa shape index (κ1) is 15.6. The van der Waals surface area contributed by atoms with Gasteiger partial charge in [0.15, 0.2) is 0 Å². The van der Waals surface area contributed by atoms with Crippen molar-refractivity contribution in [2.24, 2.45) is 5.92 Å². The van der Waals surface area contributed by atoms with Crippen LogP contribution >= 0.6 is 11.6 Å². The highest BCUT2D eigenvalue weighted by atomic mass is 35.5. The van der Waals surface area contributed by atoms with Gasteiger partial charge in [-0.25, -0.2) is 0 Å². The summed E-state index contributed by atoms with van der Waals surface area (Å²) < 4.78 is 5.41. The zero-order valence-electron chi connectivity index (χ0n) is 12.7. The first-order chi connectivity index (χ1) is 9.61. The Hall–Kier alpha value is -0.770. The van der Waals surface area contributed by atoms with Gasteiger partial charge in [-0.1, -0.05) is 17.7 Å². The fourth-order valence-corrected chi connectivity index (χ4v) is 3.02. The van der Waals surface area contributed by atoms with Crippen LogP contribution in [-0.2, 0) is 4.74 Å². The molecule has 0 aromatic heterocycles. The number of hydrogen-bond acceptors (Lipinski definition) is 3. The average molecular weight is 297 g/mol. The van der Waals surface area contributed by atoms with Crippen LogP contribution in [0.5, 0.6) is 0 Å². The van der Waals surface area contributed by atoms with E-state index >= 15 is 0 Å². The molecule has 0 amide bonds. The van der Waals surface area contributed by atoms with E-state index in [9.17, 15) is 0 Å². The van der Waals surface area contributed by atoms with Crippen LogP contribution in [0, 0.1) is 5.92 Å². The Bertz CT molecular complexity index is 432. The Morgan fingerprint density at radius 2 is 2.10 bits per heavy atom. The third-order valence-corrected chi connectivity index (χ3v) is 4.49. The molecule has 1 aliphatic heterocycles. The van der Waals surface area contributed by atoms with Gasteiger partial charge in [0.2, 0.25) is 0 Å². The number of nitrogens with one attached hydrogen (secondary N) is 1. The molecule has 0 spiro atoms. The molecule has 0 bridgehead atoms. The second-order valence-electron chi connectivity index (χ2n) is 5.66. The molecule has 2 rings (SSSR count). The Morgan fingerprint density at radius 3 is 2.70 bits per heavy atom. The maximum Gasteiger partial charge on any atom is 0.0642 e. The fourth-order valence-electron chi connectivity index (χ4n) is 2.68. The molecule has 4 heteroatoms. The smallest absolute Gasteiger partial charge is 0.0642 e. The molecule has 1 atom stereocenters. The second kappa shape index (κ2) is 7.30. The lowest BCUT2D eigenvalue weighted by Crippen LogP contribution is -2.29. The molecular weight excluding hydrogens is 272 g/mol. The molecule has 1 aliphatic rings. The van der Waals surface area contributed by atoms with Gasteiger partial charge in [-0.15, -0.1) is 0 Å². The number of ether oxygens (including phenoxy) is 1. The van der Waals surface area contributed by atoms with Crippen molar-refractivity contribution in [1.82, 2.24) is 5.32 Å². The number of anilines is 1. The van der Waals surface area contributed by atoms with E-state index in [1.165, 1.54) is 5.56 Å².